The van der Waals surface area contributed by atoms with Crippen LogP contribution in [0.1, 0.15) is 17.4 Å². The van der Waals surface area contributed by atoms with Crippen molar-refractivity contribution in [2.24, 2.45) is 17.9 Å². The second kappa shape index (κ2) is 6.88. The van der Waals surface area contributed by atoms with Gasteiger partial charge >= 0.3 is 5.97 Å². The van der Waals surface area contributed by atoms with Crippen LogP contribution in [-0.2, 0) is 16.6 Å². The smallest absolute Gasteiger partial charge is 0.373 e. The third-order valence-corrected chi connectivity index (χ3v) is 3.51. The van der Waals surface area contributed by atoms with E-state index in [2.05, 4.69) is 10.3 Å². The first-order valence-electron chi connectivity index (χ1n) is 6.97. The first kappa shape index (κ1) is 17.1. The molecule has 0 radical (unpaired) electrons. The van der Waals surface area contributed by atoms with Gasteiger partial charge in [0.1, 0.15) is 11.9 Å². The van der Waals surface area contributed by atoms with Gasteiger partial charge in [-0.25, -0.2) is 20.2 Å². The van der Waals surface area contributed by atoms with Crippen LogP contribution >= 0.6 is 11.8 Å². The molecule has 0 saturated carbocycles. The Morgan fingerprint density at radius 1 is 1.57 bits per heavy atom. The number of amidine groups is 1. The number of hydrogen-bond donors (Lipinski definition) is 2. The fraction of sp³-hybridized carbons (Fsp3) is 0.462. The maximum atomic E-state index is 12.3. The number of esters is 1. The number of carbonyl (C=O) groups is 2. The summed E-state index contributed by atoms with van der Waals surface area (Å²) in [5, 5.41) is 2.75. The standard InChI is InChI=1S/C13H19ClN6O3/c1-4-23-13(22)11-16-10(7-19(11)3)17-12(21)9-5-8(20(14)15)6-18(9)2/h5-6,10H,4,7,15H2,1-3H3,(H,17,21). The Labute approximate surface area is 138 Å². The van der Waals surface area contributed by atoms with Crippen molar-refractivity contribution in [2.75, 3.05) is 24.7 Å². The van der Waals surface area contributed by atoms with E-state index in [4.69, 9.17) is 22.4 Å². The van der Waals surface area contributed by atoms with E-state index in [1.807, 2.05) is 0 Å². The highest BCUT2D eigenvalue weighted by Crippen LogP contribution is 2.17. The van der Waals surface area contributed by atoms with Gasteiger partial charge in [0.15, 0.2) is 0 Å². The largest absolute Gasteiger partial charge is 0.460 e. The zero-order chi connectivity index (χ0) is 17.1. The minimum atomic E-state index is -0.532. The number of nitrogens with two attached hydrogens (primary N) is 1. The fourth-order valence-electron chi connectivity index (χ4n) is 2.23. The van der Waals surface area contributed by atoms with Crippen LogP contribution in [0, 0.1) is 0 Å². The van der Waals surface area contributed by atoms with Crippen molar-refractivity contribution in [2.45, 2.75) is 13.1 Å². The summed E-state index contributed by atoms with van der Waals surface area (Å²) >= 11 is 5.65. The van der Waals surface area contributed by atoms with Crippen LogP contribution in [0.2, 0.25) is 0 Å². The van der Waals surface area contributed by atoms with Crippen LogP contribution in [0.15, 0.2) is 17.3 Å². The number of rotatable bonds is 5. The Balaban J connectivity index is 2.08. The highest BCUT2D eigenvalue weighted by Gasteiger charge is 2.29. The molecule has 2 rings (SSSR count). The van der Waals surface area contributed by atoms with Gasteiger partial charge in [-0.1, -0.05) is 0 Å². The molecule has 126 valence electrons. The zero-order valence-electron chi connectivity index (χ0n) is 13.1. The quantitative estimate of drug-likeness (QED) is 0.333. The summed E-state index contributed by atoms with van der Waals surface area (Å²) in [6.45, 7) is 2.37. The Bertz CT molecular complexity index is 642. The van der Waals surface area contributed by atoms with Crippen molar-refractivity contribution >= 4 is 35.2 Å². The van der Waals surface area contributed by atoms with Crippen molar-refractivity contribution in [1.82, 2.24) is 14.8 Å². The third kappa shape index (κ3) is 3.74. The summed E-state index contributed by atoms with van der Waals surface area (Å²) in [6.07, 6.45) is 1.09. The van der Waals surface area contributed by atoms with E-state index in [0.717, 1.165) is 4.53 Å². The zero-order valence-corrected chi connectivity index (χ0v) is 13.9. The lowest BCUT2D eigenvalue weighted by molar-refractivity contribution is -0.135. The first-order chi connectivity index (χ1) is 10.8. The number of nitrogens with one attached hydrogen (secondary N) is 1. The summed E-state index contributed by atoms with van der Waals surface area (Å²) in [6, 6.07) is 1.55. The Morgan fingerprint density at radius 3 is 2.83 bits per heavy atom. The maximum Gasteiger partial charge on any atom is 0.373 e. The van der Waals surface area contributed by atoms with Crippen molar-refractivity contribution in [3.05, 3.63) is 18.0 Å². The average molecular weight is 343 g/mol. The van der Waals surface area contributed by atoms with Crippen molar-refractivity contribution in [1.29, 1.82) is 0 Å². The molecule has 1 aromatic rings. The van der Waals surface area contributed by atoms with E-state index in [-0.39, 0.29) is 18.3 Å². The molecule has 23 heavy (non-hydrogen) atoms. The Hall–Kier alpha value is -2.26. The number of amides is 1. The van der Waals surface area contributed by atoms with Crippen LogP contribution in [0.5, 0.6) is 0 Å². The number of aromatic nitrogens is 1. The van der Waals surface area contributed by atoms with Crippen molar-refractivity contribution in [3.63, 3.8) is 0 Å². The number of anilines is 1. The van der Waals surface area contributed by atoms with Gasteiger partial charge in [-0.05, 0) is 13.0 Å². The fourth-order valence-corrected chi connectivity index (χ4v) is 2.32. The number of aryl methyl sites for hydroxylation is 1. The molecular formula is C13H19ClN6O3. The van der Waals surface area contributed by atoms with Gasteiger partial charge in [0.25, 0.3) is 5.91 Å². The van der Waals surface area contributed by atoms with E-state index >= 15 is 0 Å². The van der Waals surface area contributed by atoms with Gasteiger partial charge < -0.3 is 19.5 Å². The van der Waals surface area contributed by atoms with Gasteiger partial charge in [-0.15, -0.1) is 0 Å². The van der Waals surface area contributed by atoms with Gasteiger partial charge in [0.05, 0.1) is 18.8 Å². The molecule has 1 aliphatic rings. The lowest BCUT2D eigenvalue weighted by Crippen LogP contribution is -2.38. The van der Waals surface area contributed by atoms with E-state index in [0.29, 0.717) is 17.9 Å². The molecule has 0 aliphatic carbocycles. The van der Waals surface area contributed by atoms with Crippen LogP contribution in [0.25, 0.3) is 0 Å². The van der Waals surface area contributed by atoms with E-state index in [1.54, 1.807) is 42.7 Å². The SMILES string of the molecule is CCOC(=O)C1=NC(NC(=O)c2cc(N(N)Cl)cn2C)CN1C. The van der Waals surface area contributed by atoms with Gasteiger partial charge in [-0.2, -0.15) is 0 Å². The molecule has 1 aromatic heterocycles. The van der Waals surface area contributed by atoms with Gasteiger partial charge in [0, 0.05) is 32.1 Å². The molecule has 0 saturated heterocycles. The predicted molar refractivity (Wildman–Crippen MR) is 85.9 cm³/mol. The third-order valence-electron chi connectivity index (χ3n) is 3.31. The van der Waals surface area contributed by atoms with Crippen LogP contribution in [0.3, 0.4) is 0 Å². The average Bonchev–Trinajstić information content (AvgIpc) is 3.02. The summed E-state index contributed by atoms with van der Waals surface area (Å²) < 4.78 is 7.42. The highest BCUT2D eigenvalue weighted by atomic mass is 35.5. The number of hydrazine groups is 1. The number of hydrogen-bond acceptors (Lipinski definition) is 7. The summed E-state index contributed by atoms with van der Waals surface area (Å²) in [5.74, 6) is 4.78. The molecule has 9 nitrogen and oxygen atoms in total. The number of ether oxygens (including phenoxy) is 1. The van der Waals surface area contributed by atoms with Crippen LogP contribution in [-0.4, -0.2) is 53.5 Å². The van der Waals surface area contributed by atoms with E-state index in [1.165, 1.54) is 0 Å². The molecule has 1 unspecified atom stereocenters. The molecular weight excluding hydrogens is 324 g/mol. The number of nitrogens with zero attached hydrogens (tertiary/aromatic N) is 4. The molecule has 0 fully saturated rings. The number of likely N-dealkylation sites (N-methyl/N-ethyl adjacent to an activating group) is 1. The first-order valence-corrected chi connectivity index (χ1v) is 7.31. The second-order valence-corrected chi connectivity index (χ2v) is 5.41. The topological polar surface area (TPSA) is 105 Å². The van der Waals surface area contributed by atoms with E-state index < -0.39 is 12.1 Å². The molecule has 0 aromatic carbocycles. The predicted octanol–water partition coefficient (Wildman–Crippen LogP) is -0.178. The van der Waals surface area contributed by atoms with Gasteiger partial charge in [-0.3, -0.25) is 4.79 Å². The molecule has 3 N–H and O–H groups in total. The normalized spacial score (nSPS) is 17.0. The molecule has 1 aliphatic heterocycles. The summed E-state index contributed by atoms with van der Waals surface area (Å²) in [7, 11) is 3.41. The van der Waals surface area contributed by atoms with E-state index in [9.17, 15) is 9.59 Å². The minimum Gasteiger partial charge on any atom is -0.460 e. The van der Waals surface area contributed by atoms with Crippen molar-refractivity contribution in [3.8, 4) is 0 Å². The second-order valence-electron chi connectivity index (χ2n) is 5.05. The Kier molecular flexibility index (Phi) is 5.12. The summed E-state index contributed by atoms with van der Waals surface area (Å²) in [5.41, 5.74) is 0.858. The highest BCUT2D eigenvalue weighted by molar-refractivity contribution is 6.35. The monoisotopic (exact) mass is 342 g/mol. The van der Waals surface area contributed by atoms with Crippen LogP contribution in [0.4, 0.5) is 5.69 Å². The number of halogens is 1. The molecule has 10 heteroatoms. The lowest BCUT2D eigenvalue weighted by atomic mass is 10.3. The van der Waals surface area contributed by atoms with Gasteiger partial charge in [0.2, 0.25) is 5.84 Å². The maximum absolute atomic E-state index is 12.3. The molecule has 1 atom stereocenters. The molecule has 0 spiro atoms. The summed E-state index contributed by atoms with van der Waals surface area (Å²) in [4.78, 5) is 29.9. The van der Waals surface area contributed by atoms with Crippen molar-refractivity contribution < 1.29 is 14.3 Å². The number of carbonyl (C=O) groups excluding carboxylic acids is 2. The minimum absolute atomic E-state index is 0.193. The number of aliphatic imine (C=N–C) groups is 1. The Morgan fingerprint density at radius 2 is 2.26 bits per heavy atom. The van der Waals surface area contributed by atoms with Crippen LogP contribution < -0.4 is 15.7 Å². The molecule has 2 heterocycles. The molecule has 1 amide bonds. The lowest BCUT2D eigenvalue weighted by Gasteiger charge is -2.14. The molecule has 0 bridgehead atoms.